The van der Waals surface area contributed by atoms with Crippen LogP contribution in [0.1, 0.15) is 16.7 Å². The summed E-state index contributed by atoms with van der Waals surface area (Å²) in [6.07, 6.45) is 0. The Morgan fingerprint density at radius 3 is 2.59 bits per heavy atom. The molecule has 0 fully saturated rings. The molecule has 7 heteroatoms. The number of halogens is 1. The van der Waals surface area contributed by atoms with Crippen LogP contribution in [0.15, 0.2) is 47.6 Å². The summed E-state index contributed by atoms with van der Waals surface area (Å²) >= 11 is 1.32. The zero-order chi connectivity index (χ0) is 19.4. The molecule has 0 bridgehead atoms. The lowest BCUT2D eigenvalue weighted by Crippen LogP contribution is -2.24. The van der Waals surface area contributed by atoms with Crippen LogP contribution < -0.4 is 5.32 Å². The molecule has 0 aliphatic carbocycles. The maximum Gasteiger partial charge on any atom is 0.230 e. The largest absolute Gasteiger partial charge is 0.351 e. The maximum absolute atomic E-state index is 13.5. The van der Waals surface area contributed by atoms with E-state index < -0.39 is 0 Å². The van der Waals surface area contributed by atoms with Gasteiger partial charge in [0.1, 0.15) is 5.82 Å². The van der Waals surface area contributed by atoms with E-state index in [0.717, 1.165) is 17.0 Å². The van der Waals surface area contributed by atoms with Crippen LogP contribution >= 0.6 is 11.8 Å². The van der Waals surface area contributed by atoms with Gasteiger partial charge in [0.15, 0.2) is 11.0 Å². The molecule has 1 heterocycles. The van der Waals surface area contributed by atoms with Crippen LogP contribution in [0.25, 0.3) is 11.4 Å². The van der Waals surface area contributed by atoms with Gasteiger partial charge in [0, 0.05) is 19.2 Å². The van der Waals surface area contributed by atoms with Gasteiger partial charge in [-0.05, 0) is 31.0 Å². The molecule has 0 spiro atoms. The molecular weight excluding hydrogens is 363 g/mol. The van der Waals surface area contributed by atoms with E-state index in [1.807, 2.05) is 48.9 Å². The number of hydrogen-bond acceptors (Lipinski definition) is 4. The molecule has 0 radical (unpaired) electrons. The SMILES string of the molecule is Cc1ccc(-c2nnc(SCC(=O)NCc3ccc(C)c(F)c3)n2C)cc1. The summed E-state index contributed by atoms with van der Waals surface area (Å²) in [7, 11) is 1.88. The van der Waals surface area contributed by atoms with Crippen molar-refractivity contribution in [1.82, 2.24) is 20.1 Å². The third kappa shape index (κ3) is 4.74. The van der Waals surface area contributed by atoms with Crippen LogP contribution in [0, 0.1) is 19.7 Å². The fourth-order valence-corrected chi connectivity index (χ4v) is 3.26. The summed E-state index contributed by atoms with van der Waals surface area (Å²) in [5, 5.41) is 11.9. The Balaban J connectivity index is 1.56. The van der Waals surface area contributed by atoms with Crippen molar-refractivity contribution >= 4 is 17.7 Å². The number of carbonyl (C=O) groups is 1. The van der Waals surface area contributed by atoms with Crippen molar-refractivity contribution < 1.29 is 9.18 Å². The molecular formula is C20H21FN4OS. The molecule has 0 aliphatic heterocycles. The molecule has 27 heavy (non-hydrogen) atoms. The Morgan fingerprint density at radius 2 is 1.89 bits per heavy atom. The van der Waals surface area contributed by atoms with Crippen molar-refractivity contribution in [2.24, 2.45) is 7.05 Å². The number of thioether (sulfide) groups is 1. The van der Waals surface area contributed by atoms with E-state index in [1.54, 1.807) is 13.0 Å². The molecule has 3 rings (SSSR count). The van der Waals surface area contributed by atoms with E-state index in [1.165, 1.54) is 23.4 Å². The average molecular weight is 384 g/mol. The Labute approximate surface area is 162 Å². The average Bonchev–Trinajstić information content (AvgIpc) is 3.02. The molecule has 0 unspecified atom stereocenters. The first-order valence-corrected chi connectivity index (χ1v) is 9.53. The number of hydrogen-bond donors (Lipinski definition) is 1. The van der Waals surface area contributed by atoms with E-state index in [9.17, 15) is 9.18 Å². The van der Waals surface area contributed by atoms with Crippen LogP contribution in [0.2, 0.25) is 0 Å². The predicted octanol–water partition coefficient (Wildman–Crippen LogP) is 3.65. The fraction of sp³-hybridized carbons (Fsp3) is 0.250. The van der Waals surface area contributed by atoms with Crippen molar-refractivity contribution in [1.29, 1.82) is 0 Å². The summed E-state index contributed by atoms with van der Waals surface area (Å²) in [4.78, 5) is 12.1. The lowest BCUT2D eigenvalue weighted by molar-refractivity contribution is -0.118. The molecule has 3 aromatic rings. The van der Waals surface area contributed by atoms with Crippen LogP contribution in [-0.4, -0.2) is 26.4 Å². The highest BCUT2D eigenvalue weighted by Gasteiger charge is 2.13. The summed E-state index contributed by atoms with van der Waals surface area (Å²) in [5.74, 6) is 0.571. The van der Waals surface area contributed by atoms with Crippen molar-refractivity contribution in [3.8, 4) is 11.4 Å². The molecule has 1 amide bonds. The minimum atomic E-state index is -0.265. The third-order valence-corrected chi connectivity index (χ3v) is 5.22. The standard InChI is InChI=1S/C20H21FN4OS/c1-13-4-8-16(9-5-13)19-23-24-20(25(19)3)27-12-18(26)22-11-15-7-6-14(2)17(21)10-15/h4-10H,11-12H2,1-3H3,(H,22,26). The van der Waals surface area contributed by atoms with Gasteiger partial charge in [-0.15, -0.1) is 10.2 Å². The zero-order valence-corrected chi connectivity index (χ0v) is 16.3. The molecule has 1 N–H and O–H groups in total. The highest BCUT2D eigenvalue weighted by Crippen LogP contribution is 2.22. The Kier molecular flexibility index (Phi) is 5.91. The van der Waals surface area contributed by atoms with E-state index in [4.69, 9.17) is 0 Å². The van der Waals surface area contributed by atoms with E-state index in [2.05, 4.69) is 15.5 Å². The molecule has 0 saturated carbocycles. The van der Waals surface area contributed by atoms with Crippen LogP contribution in [0.4, 0.5) is 4.39 Å². The lowest BCUT2D eigenvalue weighted by atomic mass is 10.1. The summed E-state index contributed by atoms with van der Waals surface area (Å²) in [6, 6.07) is 13.0. The van der Waals surface area contributed by atoms with Gasteiger partial charge in [0.2, 0.25) is 5.91 Å². The number of rotatable bonds is 6. The molecule has 0 saturated heterocycles. The first-order chi connectivity index (χ1) is 12.9. The topological polar surface area (TPSA) is 59.8 Å². The molecule has 140 valence electrons. The highest BCUT2D eigenvalue weighted by molar-refractivity contribution is 7.99. The number of carbonyl (C=O) groups excluding carboxylic acids is 1. The summed E-state index contributed by atoms with van der Waals surface area (Å²) < 4.78 is 15.4. The maximum atomic E-state index is 13.5. The zero-order valence-electron chi connectivity index (χ0n) is 15.5. The minimum absolute atomic E-state index is 0.138. The Morgan fingerprint density at radius 1 is 1.15 bits per heavy atom. The predicted molar refractivity (Wildman–Crippen MR) is 105 cm³/mol. The number of nitrogens with zero attached hydrogens (tertiary/aromatic N) is 3. The summed E-state index contributed by atoms with van der Waals surface area (Å²) in [5.41, 5.74) is 3.48. The minimum Gasteiger partial charge on any atom is -0.351 e. The number of nitrogens with one attached hydrogen (secondary N) is 1. The number of benzene rings is 2. The van der Waals surface area contributed by atoms with Gasteiger partial charge < -0.3 is 9.88 Å². The molecule has 0 aliphatic rings. The molecule has 1 aromatic heterocycles. The Bertz CT molecular complexity index is 953. The fourth-order valence-electron chi connectivity index (χ4n) is 2.52. The van der Waals surface area contributed by atoms with Gasteiger partial charge in [-0.1, -0.05) is 53.7 Å². The third-order valence-electron chi connectivity index (χ3n) is 4.20. The van der Waals surface area contributed by atoms with Gasteiger partial charge >= 0.3 is 0 Å². The Hall–Kier alpha value is -2.67. The normalized spacial score (nSPS) is 10.8. The molecule has 5 nitrogen and oxygen atoms in total. The highest BCUT2D eigenvalue weighted by atomic mass is 32.2. The van der Waals surface area contributed by atoms with E-state index in [0.29, 0.717) is 17.3 Å². The van der Waals surface area contributed by atoms with E-state index in [-0.39, 0.29) is 17.5 Å². The van der Waals surface area contributed by atoms with Crippen LogP contribution in [0.3, 0.4) is 0 Å². The van der Waals surface area contributed by atoms with Crippen molar-refractivity contribution in [3.63, 3.8) is 0 Å². The number of amides is 1. The lowest BCUT2D eigenvalue weighted by Gasteiger charge is -2.07. The number of aryl methyl sites for hydroxylation is 2. The first-order valence-electron chi connectivity index (χ1n) is 8.55. The second-order valence-corrected chi connectivity index (χ2v) is 7.32. The molecule has 2 aromatic carbocycles. The van der Waals surface area contributed by atoms with Crippen molar-refractivity contribution in [2.75, 3.05) is 5.75 Å². The van der Waals surface area contributed by atoms with Crippen LogP contribution in [0.5, 0.6) is 0 Å². The van der Waals surface area contributed by atoms with E-state index >= 15 is 0 Å². The second kappa shape index (κ2) is 8.35. The van der Waals surface area contributed by atoms with Gasteiger partial charge in [0.05, 0.1) is 5.75 Å². The second-order valence-electron chi connectivity index (χ2n) is 6.38. The van der Waals surface area contributed by atoms with Crippen molar-refractivity contribution in [2.45, 2.75) is 25.5 Å². The van der Waals surface area contributed by atoms with Gasteiger partial charge in [-0.25, -0.2) is 4.39 Å². The van der Waals surface area contributed by atoms with Gasteiger partial charge in [-0.2, -0.15) is 0 Å². The molecule has 0 atom stereocenters. The monoisotopic (exact) mass is 384 g/mol. The number of aromatic nitrogens is 3. The van der Waals surface area contributed by atoms with Crippen LogP contribution in [-0.2, 0) is 18.4 Å². The quantitative estimate of drug-likeness (QED) is 0.659. The van der Waals surface area contributed by atoms with Crippen molar-refractivity contribution in [3.05, 3.63) is 65.0 Å². The summed E-state index contributed by atoms with van der Waals surface area (Å²) in [6.45, 7) is 4.04. The first kappa shape index (κ1) is 19.1. The van der Waals surface area contributed by atoms with Gasteiger partial charge in [-0.3, -0.25) is 4.79 Å². The smallest absolute Gasteiger partial charge is 0.230 e. The van der Waals surface area contributed by atoms with Gasteiger partial charge in [0.25, 0.3) is 0 Å².